The van der Waals surface area contributed by atoms with Gasteiger partial charge in [0.25, 0.3) is 5.91 Å². The number of rotatable bonds is 2. The van der Waals surface area contributed by atoms with Gasteiger partial charge in [-0.15, -0.1) is 0 Å². The van der Waals surface area contributed by atoms with Gasteiger partial charge in [0.15, 0.2) is 0 Å². The van der Waals surface area contributed by atoms with Crippen LogP contribution in [0.1, 0.15) is 29.5 Å². The molecule has 1 aliphatic heterocycles. The maximum Gasteiger partial charge on any atom is 0.311 e. The Morgan fingerprint density at radius 2 is 2.17 bits per heavy atom. The van der Waals surface area contributed by atoms with Crippen LogP contribution in [0.2, 0.25) is 0 Å². The quantitative estimate of drug-likeness (QED) is 0.838. The number of nitrogens with zero attached hydrogens (tertiary/aromatic N) is 3. The minimum Gasteiger partial charge on any atom is -0.481 e. The second-order valence-corrected chi connectivity index (χ2v) is 5.14. The van der Waals surface area contributed by atoms with E-state index < -0.39 is 11.4 Å². The molecule has 2 rings (SSSR count). The van der Waals surface area contributed by atoms with Gasteiger partial charge in [-0.05, 0) is 26.3 Å². The Kier molecular flexibility index (Phi) is 2.88. The molecule has 0 spiro atoms. The lowest BCUT2D eigenvalue weighted by Crippen LogP contribution is -2.35. The molecule has 98 valence electrons. The third-order valence-electron chi connectivity index (χ3n) is 3.50. The fourth-order valence-corrected chi connectivity index (χ4v) is 2.28. The molecule has 1 saturated heterocycles. The molecule has 1 aliphatic rings. The third kappa shape index (κ3) is 1.98. The summed E-state index contributed by atoms with van der Waals surface area (Å²) in [7, 11) is 1.71. The summed E-state index contributed by atoms with van der Waals surface area (Å²) in [4.78, 5) is 25.0. The monoisotopic (exact) mass is 251 g/mol. The number of likely N-dealkylation sites (tertiary alicyclic amines) is 1. The number of hydrogen-bond donors (Lipinski definition) is 1. The first-order valence-electron chi connectivity index (χ1n) is 5.87. The second-order valence-electron chi connectivity index (χ2n) is 5.14. The number of carbonyl (C=O) groups is 2. The number of carboxylic acid groups (broad SMARTS) is 1. The van der Waals surface area contributed by atoms with E-state index in [2.05, 4.69) is 5.10 Å². The smallest absolute Gasteiger partial charge is 0.311 e. The van der Waals surface area contributed by atoms with Gasteiger partial charge < -0.3 is 10.0 Å². The summed E-state index contributed by atoms with van der Waals surface area (Å²) < 4.78 is 1.54. The summed E-state index contributed by atoms with van der Waals surface area (Å²) in [5, 5.41) is 13.3. The first-order chi connectivity index (χ1) is 8.33. The van der Waals surface area contributed by atoms with Crippen LogP contribution in [-0.2, 0) is 11.8 Å². The van der Waals surface area contributed by atoms with Crippen molar-refractivity contribution in [2.75, 3.05) is 13.1 Å². The van der Waals surface area contributed by atoms with Crippen LogP contribution >= 0.6 is 0 Å². The summed E-state index contributed by atoms with van der Waals surface area (Å²) >= 11 is 0. The summed E-state index contributed by atoms with van der Waals surface area (Å²) in [6.07, 6.45) is 0.491. The summed E-state index contributed by atoms with van der Waals surface area (Å²) in [5.74, 6) is -0.998. The molecule has 0 radical (unpaired) electrons. The molecular weight excluding hydrogens is 234 g/mol. The van der Waals surface area contributed by atoms with Crippen LogP contribution in [0.15, 0.2) is 6.07 Å². The zero-order chi connectivity index (χ0) is 13.5. The van der Waals surface area contributed by atoms with Crippen LogP contribution < -0.4 is 0 Å². The van der Waals surface area contributed by atoms with E-state index in [-0.39, 0.29) is 12.5 Å². The zero-order valence-electron chi connectivity index (χ0n) is 10.8. The zero-order valence-corrected chi connectivity index (χ0v) is 10.8. The first kappa shape index (κ1) is 12.6. The third-order valence-corrected chi connectivity index (χ3v) is 3.50. The Labute approximate surface area is 105 Å². The summed E-state index contributed by atoms with van der Waals surface area (Å²) in [5.41, 5.74) is 0.451. The van der Waals surface area contributed by atoms with Gasteiger partial charge in [0.05, 0.1) is 11.1 Å². The number of aryl methyl sites for hydroxylation is 2. The number of aromatic nitrogens is 2. The lowest BCUT2D eigenvalue weighted by atomic mass is 9.90. The van der Waals surface area contributed by atoms with Crippen molar-refractivity contribution in [2.24, 2.45) is 12.5 Å². The molecule has 1 fully saturated rings. The van der Waals surface area contributed by atoms with Crippen molar-refractivity contribution in [1.29, 1.82) is 0 Å². The van der Waals surface area contributed by atoms with Crippen molar-refractivity contribution in [1.82, 2.24) is 14.7 Å². The largest absolute Gasteiger partial charge is 0.481 e. The molecule has 1 aromatic rings. The van der Waals surface area contributed by atoms with Crippen LogP contribution in [0, 0.1) is 12.3 Å². The second kappa shape index (κ2) is 4.12. The number of carboxylic acids is 1. The van der Waals surface area contributed by atoms with Crippen LogP contribution in [0.4, 0.5) is 0 Å². The van der Waals surface area contributed by atoms with E-state index in [9.17, 15) is 9.59 Å². The molecule has 0 aromatic carbocycles. The van der Waals surface area contributed by atoms with Crippen molar-refractivity contribution in [2.45, 2.75) is 20.3 Å². The van der Waals surface area contributed by atoms with E-state index in [1.54, 1.807) is 24.9 Å². The molecule has 1 atom stereocenters. The highest BCUT2D eigenvalue weighted by Gasteiger charge is 2.42. The molecular formula is C12H17N3O3. The summed E-state index contributed by atoms with van der Waals surface area (Å²) in [6, 6.07) is 1.72. The van der Waals surface area contributed by atoms with E-state index in [0.29, 0.717) is 18.7 Å². The highest BCUT2D eigenvalue weighted by molar-refractivity contribution is 5.93. The Bertz CT molecular complexity index is 509. The molecule has 18 heavy (non-hydrogen) atoms. The van der Waals surface area contributed by atoms with Crippen molar-refractivity contribution in [3.05, 3.63) is 17.5 Å². The van der Waals surface area contributed by atoms with Crippen LogP contribution in [-0.4, -0.2) is 44.8 Å². The van der Waals surface area contributed by atoms with E-state index >= 15 is 0 Å². The van der Waals surface area contributed by atoms with Gasteiger partial charge in [0.2, 0.25) is 0 Å². The molecule has 0 unspecified atom stereocenters. The van der Waals surface area contributed by atoms with E-state index in [1.165, 1.54) is 4.68 Å². The SMILES string of the molecule is Cc1cc(C(=O)N2CC[C@@](C)(C(=O)O)C2)n(C)n1. The maximum absolute atomic E-state index is 12.3. The number of aliphatic carboxylic acids is 1. The van der Waals surface area contributed by atoms with Gasteiger partial charge in [0.1, 0.15) is 5.69 Å². The molecule has 6 nitrogen and oxygen atoms in total. The minimum atomic E-state index is -0.848. The van der Waals surface area contributed by atoms with Crippen LogP contribution in [0.25, 0.3) is 0 Å². The normalized spacial score (nSPS) is 23.4. The predicted molar refractivity (Wildman–Crippen MR) is 64.2 cm³/mol. The van der Waals surface area contributed by atoms with Gasteiger partial charge in [-0.25, -0.2) is 0 Å². The van der Waals surface area contributed by atoms with Crippen molar-refractivity contribution in [3.63, 3.8) is 0 Å². The highest BCUT2D eigenvalue weighted by Crippen LogP contribution is 2.30. The molecule has 1 aromatic heterocycles. The predicted octanol–water partition coefficient (Wildman–Crippen LogP) is 0.665. The standard InChI is InChI=1S/C12H17N3O3/c1-8-6-9(14(3)13-8)10(16)15-5-4-12(2,7-15)11(17)18/h6H,4-5,7H2,1-3H3,(H,17,18)/t12-/m1/s1. The lowest BCUT2D eigenvalue weighted by Gasteiger charge is -2.20. The maximum atomic E-state index is 12.3. The van der Waals surface area contributed by atoms with Gasteiger partial charge in [-0.1, -0.05) is 0 Å². The Balaban J connectivity index is 2.18. The number of amides is 1. The Morgan fingerprint density at radius 1 is 1.50 bits per heavy atom. The van der Waals surface area contributed by atoms with Crippen molar-refractivity contribution >= 4 is 11.9 Å². The Hall–Kier alpha value is -1.85. The first-order valence-corrected chi connectivity index (χ1v) is 5.87. The fourth-order valence-electron chi connectivity index (χ4n) is 2.28. The molecule has 2 heterocycles. The summed E-state index contributed by atoms with van der Waals surface area (Å²) in [6.45, 7) is 4.23. The molecule has 6 heteroatoms. The number of carbonyl (C=O) groups excluding carboxylic acids is 1. The molecule has 0 saturated carbocycles. The lowest BCUT2D eigenvalue weighted by molar-refractivity contribution is -0.147. The molecule has 1 amide bonds. The average molecular weight is 251 g/mol. The van der Waals surface area contributed by atoms with E-state index in [4.69, 9.17) is 5.11 Å². The molecule has 0 aliphatic carbocycles. The van der Waals surface area contributed by atoms with E-state index in [0.717, 1.165) is 5.69 Å². The van der Waals surface area contributed by atoms with Gasteiger partial charge >= 0.3 is 5.97 Å². The fraction of sp³-hybridized carbons (Fsp3) is 0.583. The minimum absolute atomic E-state index is 0.150. The van der Waals surface area contributed by atoms with Gasteiger partial charge in [-0.3, -0.25) is 14.3 Å². The average Bonchev–Trinajstić information content (AvgIpc) is 2.82. The van der Waals surface area contributed by atoms with Gasteiger partial charge in [-0.2, -0.15) is 5.10 Å². The Morgan fingerprint density at radius 3 is 2.61 bits per heavy atom. The molecule has 1 N–H and O–H groups in total. The van der Waals surface area contributed by atoms with Crippen LogP contribution in [0.5, 0.6) is 0 Å². The van der Waals surface area contributed by atoms with Gasteiger partial charge in [0, 0.05) is 20.1 Å². The topological polar surface area (TPSA) is 75.4 Å². The van der Waals surface area contributed by atoms with Crippen molar-refractivity contribution in [3.8, 4) is 0 Å². The number of hydrogen-bond acceptors (Lipinski definition) is 3. The van der Waals surface area contributed by atoms with Crippen LogP contribution in [0.3, 0.4) is 0 Å². The molecule has 0 bridgehead atoms. The van der Waals surface area contributed by atoms with Crippen molar-refractivity contribution < 1.29 is 14.7 Å². The highest BCUT2D eigenvalue weighted by atomic mass is 16.4. The van der Waals surface area contributed by atoms with E-state index in [1.807, 2.05) is 6.92 Å².